The molecule has 1 aliphatic heterocycles. The van der Waals surface area contributed by atoms with Crippen molar-refractivity contribution in [1.29, 1.82) is 0 Å². The van der Waals surface area contributed by atoms with Crippen molar-refractivity contribution in [3.05, 3.63) is 0 Å². The van der Waals surface area contributed by atoms with Crippen molar-refractivity contribution < 1.29 is 4.79 Å². The highest BCUT2D eigenvalue weighted by Gasteiger charge is 2.25. The molecule has 0 bridgehead atoms. The molecule has 1 aliphatic rings. The monoisotopic (exact) mass is 202 g/mol. The Morgan fingerprint density at radius 1 is 1.46 bits per heavy atom. The first-order valence-corrected chi connectivity index (χ1v) is 5.76. The molecule has 0 saturated carbocycles. The average molecular weight is 202 g/mol. The molecule has 0 aromatic rings. The molecule has 0 aromatic carbocycles. The van der Waals surface area contributed by atoms with E-state index in [0.717, 1.165) is 13.1 Å². The fourth-order valence-corrected chi connectivity index (χ4v) is 2.93. The fraction of sp³-hybridized carbons (Fsp3) is 0.889. The van der Waals surface area contributed by atoms with Gasteiger partial charge in [-0.1, -0.05) is 13.8 Å². The summed E-state index contributed by atoms with van der Waals surface area (Å²) in [7, 11) is 0. The van der Waals surface area contributed by atoms with Crippen LogP contribution >= 0.6 is 11.8 Å². The van der Waals surface area contributed by atoms with Crippen molar-refractivity contribution >= 4 is 17.8 Å². The molecule has 1 rings (SSSR count). The number of carbonyl (C=O) groups is 1. The van der Waals surface area contributed by atoms with E-state index in [4.69, 9.17) is 0 Å². The lowest BCUT2D eigenvalue weighted by atomic mass is 10.3. The molecule has 2 atom stereocenters. The van der Waals surface area contributed by atoms with Gasteiger partial charge in [0.15, 0.2) is 0 Å². The maximum atomic E-state index is 11.5. The minimum atomic E-state index is 0.0847. The van der Waals surface area contributed by atoms with Crippen molar-refractivity contribution in [3.8, 4) is 0 Å². The second kappa shape index (κ2) is 4.74. The summed E-state index contributed by atoms with van der Waals surface area (Å²) < 4.78 is 0. The third kappa shape index (κ3) is 3.10. The van der Waals surface area contributed by atoms with Crippen LogP contribution in [0.4, 0.5) is 4.79 Å². The SMILES string of the molecule is CCNC(=O)N1CC(C)SC(C)C1. The molecule has 0 aromatic heterocycles. The third-order valence-electron chi connectivity index (χ3n) is 2.03. The predicted molar refractivity (Wildman–Crippen MR) is 57.2 cm³/mol. The van der Waals surface area contributed by atoms with Crippen molar-refractivity contribution in [3.63, 3.8) is 0 Å². The van der Waals surface area contributed by atoms with E-state index in [1.807, 2.05) is 23.6 Å². The van der Waals surface area contributed by atoms with Crippen LogP contribution in [0.3, 0.4) is 0 Å². The van der Waals surface area contributed by atoms with Crippen LogP contribution in [0.5, 0.6) is 0 Å². The fourth-order valence-electron chi connectivity index (χ4n) is 1.61. The van der Waals surface area contributed by atoms with E-state index in [2.05, 4.69) is 19.2 Å². The van der Waals surface area contributed by atoms with Crippen LogP contribution in [0.2, 0.25) is 0 Å². The number of thioether (sulfide) groups is 1. The van der Waals surface area contributed by atoms with Gasteiger partial charge in [0.2, 0.25) is 0 Å². The Balaban J connectivity index is 2.45. The molecule has 0 spiro atoms. The Bertz CT molecular complexity index is 176. The molecule has 0 radical (unpaired) electrons. The molecular weight excluding hydrogens is 184 g/mol. The summed E-state index contributed by atoms with van der Waals surface area (Å²) in [5.74, 6) is 0. The molecule has 0 aliphatic carbocycles. The van der Waals surface area contributed by atoms with Crippen LogP contribution in [-0.2, 0) is 0 Å². The molecule has 76 valence electrons. The molecule has 2 unspecified atom stereocenters. The summed E-state index contributed by atoms with van der Waals surface area (Å²) in [6.45, 7) is 8.76. The molecule has 4 heteroatoms. The lowest BCUT2D eigenvalue weighted by molar-refractivity contribution is 0.197. The van der Waals surface area contributed by atoms with Crippen molar-refractivity contribution in [2.75, 3.05) is 19.6 Å². The van der Waals surface area contributed by atoms with Gasteiger partial charge in [-0.3, -0.25) is 0 Å². The summed E-state index contributed by atoms with van der Waals surface area (Å²) in [6.07, 6.45) is 0. The standard InChI is InChI=1S/C9H18N2OS/c1-4-10-9(12)11-5-7(2)13-8(3)6-11/h7-8H,4-6H2,1-3H3,(H,10,12). The number of carbonyl (C=O) groups excluding carboxylic acids is 1. The van der Waals surface area contributed by atoms with E-state index in [-0.39, 0.29) is 6.03 Å². The Kier molecular flexibility index (Phi) is 3.90. The highest BCUT2D eigenvalue weighted by Crippen LogP contribution is 2.24. The van der Waals surface area contributed by atoms with Gasteiger partial charge in [0.05, 0.1) is 0 Å². The lowest BCUT2D eigenvalue weighted by Gasteiger charge is -2.34. The van der Waals surface area contributed by atoms with E-state index >= 15 is 0 Å². The van der Waals surface area contributed by atoms with Crippen LogP contribution in [-0.4, -0.2) is 41.1 Å². The van der Waals surface area contributed by atoms with Crippen LogP contribution in [0.25, 0.3) is 0 Å². The zero-order valence-corrected chi connectivity index (χ0v) is 9.36. The van der Waals surface area contributed by atoms with Gasteiger partial charge in [-0.2, -0.15) is 11.8 Å². The number of hydrogen-bond donors (Lipinski definition) is 1. The van der Waals surface area contributed by atoms with Crippen LogP contribution in [0.15, 0.2) is 0 Å². The van der Waals surface area contributed by atoms with Gasteiger partial charge in [-0.25, -0.2) is 4.79 Å². The quantitative estimate of drug-likeness (QED) is 0.699. The Morgan fingerprint density at radius 2 is 2.00 bits per heavy atom. The van der Waals surface area contributed by atoms with Crippen molar-refractivity contribution in [2.45, 2.75) is 31.3 Å². The normalized spacial score (nSPS) is 28.7. The Labute approximate surface area is 84.2 Å². The molecular formula is C9H18N2OS. The molecule has 13 heavy (non-hydrogen) atoms. The lowest BCUT2D eigenvalue weighted by Crippen LogP contribution is -2.48. The van der Waals surface area contributed by atoms with Gasteiger partial charge in [0, 0.05) is 30.1 Å². The van der Waals surface area contributed by atoms with Crippen molar-refractivity contribution in [2.24, 2.45) is 0 Å². The van der Waals surface area contributed by atoms with Crippen LogP contribution < -0.4 is 5.32 Å². The van der Waals surface area contributed by atoms with Crippen molar-refractivity contribution in [1.82, 2.24) is 10.2 Å². The number of hydrogen-bond acceptors (Lipinski definition) is 2. The number of nitrogens with one attached hydrogen (secondary N) is 1. The van der Waals surface area contributed by atoms with Gasteiger partial charge in [-0.05, 0) is 6.92 Å². The largest absolute Gasteiger partial charge is 0.338 e. The molecule has 1 saturated heterocycles. The van der Waals surface area contributed by atoms with Crippen LogP contribution in [0.1, 0.15) is 20.8 Å². The topological polar surface area (TPSA) is 32.3 Å². The maximum Gasteiger partial charge on any atom is 0.317 e. The molecule has 1 fully saturated rings. The number of amides is 2. The third-order valence-corrected chi connectivity index (χ3v) is 3.26. The van der Waals surface area contributed by atoms with Gasteiger partial charge >= 0.3 is 6.03 Å². The summed E-state index contributed by atoms with van der Waals surface area (Å²) in [5, 5.41) is 3.96. The smallest absolute Gasteiger partial charge is 0.317 e. The van der Waals surface area contributed by atoms with Crippen LogP contribution in [0, 0.1) is 0 Å². The zero-order valence-electron chi connectivity index (χ0n) is 8.54. The first kappa shape index (κ1) is 10.7. The van der Waals surface area contributed by atoms with E-state index in [0.29, 0.717) is 17.0 Å². The van der Waals surface area contributed by atoms with E-state index in [9.17, 15) is 4.79 Å². The highest BCUT2D eigenvalue weighted by atomic mass is 32.2. The maximum absolute atomic E-state index is 11.5. The summed E-state index contributed by atoms with van der Waals surface area (Å²) in [6, 6.07) is 0.0847. The predicted octanol–water partition coefficient (Wildman–Crippen LogP) is 1.54. The molecule has 1 heterocycles. The highest BCUT2D eigenvalue weighted by molar-refractivity contribution is 8.00. The van der Waals surface area contributed by atoms with E-state index < -0.39 is 0 Å². The Morgan fingerprint density at radius 3 is 2.46 bits per heavy atom. The minimum Gasteiger partial charge on any atom is -0.338 e. The second-order valence-electron chi connectivity index (χ2n) is 3.50. The summed E-state index contributed by atoms with van der Waals surface area (Å²) >= 11 is 1.96. The molecule has 3 nitrogen and oxygen atoms in total. The van der Waals surface area contributed by atoms with Gasteiger partial charge in [0.25, 0.3) is 0 Å². The molecule has 1 N–H and O–H groups in total. The van der Waals surface area contributed by atoms with E-state index in [1.54, 1.807) is 0 Å². The average Bonchev–Trinajstić information content (AvgIpc) is 2.03. The summed E-state index contributed by atoms with van der Waals surface area (Å²) in [5.41, 5.74) is 0. The van der Waals surface area contributed by atoms with Gasteiger partial charge in [0.1, 0.15) is 0 Å². The van der Waals surface area contributed by atoms with E-state index in [1.165, 1.54) is 0 Å². The zero-order chi connectivity index (χ0) is 9.84. The first-order chi connectivity index (χ1) is 6.13. The molecule has 2 amide bonds. The Hall–Kier alpha value is -0.380. The number of rotatable bonds is 1. The second-order valence-corrected chi connectivity index (χ2v) is 5.38. The number of nitrogens with zero attached hydrogens (tertiary/aromatic N) is 1. The number of urea groups is 1. The minimum absolute atomic E-state index is 0.0847. The van der Waals surface area contributed by atoms with Gasteiger partial charge in [-0.15, -0.1) is 0 Å². The summed E-state index contributed by atoms with van der Waals surface area (Å²) in [4.78, 5) is 13.4. The first-order valence-electron chi connectivity index (χ1n) is 4.81. The van der Waals surface area contributed by atoms with Gasteiger partial charge < -0.3 is 10.2 Å².